The maximum absolute atomic E-state index is 11.1. The summed E-state index contributed by atoms with van der Waals surface area (Å²) in [5.41, 5.74) is 4.72. The van der Waals surface area contributed by atoms with Crippen LogP contribution >= 0.6 is 12.2 Å². The minimum atomic E-state index is -0.684. The molecule has 2 atom stereocenters. The highest BCUT2D eigenvalue weighted by molar-refractivity contribution is 7.80. The number of thiocarbonyl (C=S) groups is 1. The molecule has 0 radical (unpaired) electrons. The van der Waals surface area contributed by atoms with Gasteiger partial charge in [0.1, 0.15) is 5.69 Å². The van der Waals surface area contributed by atoms with Gasteiger partial charge in [-0.3, -0.25) is 31.1 Å². The van der Waals surface area contributed by atoms with Crippen LogP contribution in [-0.4, -0.2) is 21.0 Å². The normalized spacial score (nSPS) is 20.0. The van der Waals surface area contributed by atoms with E-state index in [0.717, 1.165) is 25.3 Å². The second-order valence-corrected chi connectivity index (χ2v) is 6.22. The summed E-state index contributed by atoms with van der Waals surface area (Å²) < 4.78 is 0. The second-order valence-electron chi connectivity index (χ2n) is 5.81. The molecule has 1 aromatic carbocycles. The third-order valence-corrected chi connectivity index (χ3v) is 4.35. The summed E-state index contributed by atoms with van der Waals surface area (Å²) in [6.07, 6.45) is 4.53. The highest BCUT2D eigenvalue weighted by atomic mass is 32.1. The quantitative estimate of drug-likeness (QED) is 0.419. The number of non-ortho nitro benzene ring substituents is 1. The number of benzene rings is 1. The fourth-order valence-corrected chi connectivity index (χ4v) is 2.95. The molecule has 2 rings (SSSR count). The number of hydrazine groups is 1. The molecule has 9 nitrogen and oxygen atoms in total. The molecule has 1 fully saturated rings. The Bertz CT molecular complexity index is 654. The Morgan fingerprint density at radius 2 is 1.92 bits per heavy atom. The highest BCUT2D eigenvalue weighted by Gasteiger charge is 2.22. The fourth-order valence-electron chi connectivity index (χ4n) is 2.75. The fraction of sp³-hybridized carbons (Fsp3) is 0.500. The molecular formula is C14H19N5O4S. The number of anilines is 1. The first-order chi connectivity index (χ1) is 11.4. The van der Waals surface area contributed by atoms with E-state index < -0.39 is 15.5 Å². The molecule has 0 aromatic heterocycles. The van der Waals surface area contributed by atoms with Gasteiger partial charge in [0.25, 0.3) is 5.69 Å². The molecule has 0 unspecified atom stereocenters. The summed E-state index contributed by atoms with van der Waals surface area (Å²) >= 11 is 5.20. The standard InChI is InChI=1S/C14H19N5O4S/c1-9-4-2-3-5-11(9)15-14(24)17-16-12-7-6-10(18(20)21)8-13(12)19(22)23/h6-9,11,16H,2-5H2,1H3,(H2,15,17,24)/t9-,11+/m0/s1. The number of nitro benzene ring substituents is 2. The van der Waals surface area contributed by atoms with Crippen molar-refractivity contribution in [3.05, 3.63) is 38.4 Å². The van der Waals surface area contributed by atoms with Gasteiger partial charge in [-0.1, -0.05) is 19.8 Å². The molecule has 0 amide bonds. The van der Waals surface area contributed by atoms with Crippen LogP contribution < -0.4 is 16.2 Å². The molecule has 1 aliphatic carbocycles. The van der Waals surface area contributed by atoms with Crippen molar-refractivity contribution in [3.63, 3.8) is 0 Å². The average molecular weight is 353 g/mol. The lowest BCUT2D eigenvalue weighted by molar-refractivity contribution is -0.393. The Labute approximate surface area is 144 Å². The zero-order chi connectivity index (χ0) is 17.7. The molecule has 1 saturated carbocycles. The molecule has 0 bridgehead atoms. The summed E-state index contributed by atoms with van der Waals surface area (Å²) in [5, 5.41) is 25.3. The number of hydrogen-bond donors (Lipinski definition) is 3. The van der Waals surface area contributed by atoms with Gasteiger partial charge in [0, 0.05) is 12.1 Å². The van der Waals surface area contributed by atoms with E-state index in [1.54, 1.807) is 0 Å². The third-order valence-electron chi connectivity index (χ3n) is 4.13. The van der Waals surface area contributed by atoms with Gasteiger partial charge in [0.15, 0.2) is 5.11 Å². The summed E-state index contributed by atoms with van der Waals surface area (Å²) in [6.45, 7) is 2.16. The van der Waals surface area contributed by atoms with Crippen LogP contribution in [0.2, 0.25) is 0 Å². The largest absolute Gasteiger partial charge is 0.358 e. The summed E-state index contributed by atoms with van der Waals surface area (Å²) in [5.74, 6) is 0.507. The van der Waals surface area contributed by atoms with Crippen LogP contribution in [0.1, 0.15) is 32.6 Å². The molecule has 1 aliphatic rings. The van der Waals surface area contributed by atoms with E-state index in [-0.39, 0.29) is 17.4 Å². The smallest absolute Gasteiger partial charge is 0.300 e. The van der Waals surface area contributed by atoms with Crippen LogP contribution in [0.3, 0.4) is 0 Å². The Kier molecular flexibility index (Phi) is 5.85. The minimum absolute atomic E-state index is 0.103. The molecule has 0 spiro atoms. The Balaban J connectivity index is 1.99. The summed E-state index contributed by atoms with van der Waals surface area (Å²) in [7, 11) is 0. The number of nitrogens with one attached hydrogen (secondary N) is 3. The monoisotopic (exact) mass is 353 g/mol. The molecule has 0 aliphatic heterocycles. The zero-order valence-electron chi connectivity index (χ0n) is 13.2. The van der Waals surface area contributed by atoms with Crippen LogP contribution in [-0.2, 0) is 0 Å². The van der Waals surface area contributed by atoms with E-state index >= 15 is 0 Å². The lowest BCUT2D eigenvalue weighted by Gasteiger charge is -2.30. The molecule has 10 heteroatoms. The van der Waals surface area contributed by atoms with Gasteiger partial charge in [-0.25, -0.2) is 0 Å². The SMILES string of the molecule is C[C@H]1CCCC[C@H]1NC(=S)NNc1ccc([N+](=O)[O-])cc1[N+](=O)[O-]. The molecule has 130 valence electrons. The Morgan fingerprint density at radius 1 is 1.21 bits per heavy atom. The molecule has 24 heavy (non-hydrogen) atoms. The molecule has 3 N–H and O–H groups in total. The predicted molar refractivity (Wildman–Crippen MR) is 93.7 cm³/mol. The molecule has 0 saturated heterocycles. The topological polar surface area (TPSA) is 122 Å². The first kappa shape index (κ1) is 17.9. The number of nitro groups is 2. The maximum Gasteiger partial charge on any atom is 0.300 e. The summed E-state index contributed by atoms with van der Waals surface area (Å²) in [4.78, 5) is 20.4. The van der Waals surface area contributed by atoms with Crippen molar-refractivity contribution in [2.45, 2.75) is 38.6 Å². The van der Waals surface area contributed by atoms with Gasteiger partial charge in [-0.05, 0) is 37.0 Å². The predicted octanol–water partition coefficient (Wildman–Crippen LogP) is 2.87. The van der Waals surface area contributed by atoms with Gasteiger partial charge in [0.2, 0.25) is 0 Å². The van der Waals surface area contributed by atoms with Gasteiger partial charge in [-0.15, -0.1) is 0 Å². The van der Waals surface area contributed by atoms with E-state index in [0.29, 0.717) is 11.0 Å². The number of rotatable bonds is 5. The number of nitrogens with zero attached hydrogens (tertiary/aromatic N) is 2. The van der Waals surface area contributed by atoms with Crippen LogP contribution in [0.15, 0.2) is 18.2 Å². The molecule has 1 aromatic rings. The van der Waals surface area contributed by atoms with E-state index in [4.69, 9.17) is 12.2 Å². The third kappa shape index (κ3) is 4.51. The van der Waals surface area contributed by atoms with Crippen molar-refractivity contribution in [2.24, 2.45) is 5.92 Å². The van der Waals surface area contributed by atoms with Gasteiger partial charge >= 0.3 is 5.69 Å². The first-order valence-electron chi connectivity index (χ1n) is 7.64. The molecule has 0 heterocycles. The van der Waals surface area contributed by atoms with Crippen LogP contribution in [0, 0.1) is 26.1 Å². The Hall–Kier alpha value is -2.49. The van der Waals surface area contributed by atoms with Crippen molar-refractivity contribution >= 4 is 34.4 Å². The Morgan fingerprint density at radius 3 is 2.54 bits per heavy atom. The highest BCUT2D eigenvalue weighted by Crippen LogP contribution is 2.28. The second kappa shape index (κ2) is 7.86. The average Bonchev–Trinajstić information content (AvgIpc) is 2.54. The van der Waals surface area contributed by atoms with E-state index in [2.05, 4.69) is 23.1 Å². The molecular weight excluding hydrogens is 334 g/mol. The van der Waals surface area contributed by atoms with Gasteiger partial charge < -0.3 is 5.32 Å². The van der Waals surface area contributed by atoms with Crippen molar-refractivity contribution in [1.29, 1.82) is 0 Å². The van der Waals surface area contributed by atoms with Crippen molar-refractivity contribution in [1.82, 2.24) is 10.7 Å². The van der Waals surface area contributed by atoms with Crippen molar-refractivity contribution in [2.75, 3.05) is 5.43 Å². The summed E-state index contributed by atoms with van der Waals surface area (Å²) in [6, 6.07) is 3.64. The first-order valence-corrected chi connectivity index (χ1v) is 8.04. The van der Waals surface area contributed by atoms with Gasteiger partial charge in [0.05, 0.1) is 15.9 Å². The van der Waals surface area contributed by atoms with E-state index in [9.17, 15) is 20.2 Å². The maximum atomic E-state index is 11.1. The van der Waals surface area contributed by atoms with Crippen molar-refractivity contribution < 1.29 is 9.85 Å². The lowest BCUT2D eigenvalue weighted by atomic mass is 9.86. The van der Waals surface area contributed by atoms with Crippen LogP contribution in [0.5, 0.6) is 0 Å². The number of hydrogen-bond acceptors (Lipinski definition) is 6. The van der Waals surface area contributed by atoms with E-state index in [1.807, 2.05) is 0 Å². The minimum Gasteiger partial charge on any atom is -0.358 e. The van der Waals surface area contributed by atoms with E-state index in [1.165, 1.54) is 18.6 Å². The lowest BCUT2D eigenvalue weighted by Crippen LogP contribution is -2.47. The zero-order valence-corrected chi connectivity index (χ0v) is 14.0. The van der Waals surface area contributed by atoms with Crippen molar-refractivity contribution in [3.8, 4) is 0 Å². The van der Waals surface area contributed by atoms with Crippen LogP contribution in [0.4, 0.5) is 17.1 Å². The van der Waals surface area contributed by atoms with Crippen LogP contribution in [0.25, 0.3) is 0 Å². The van der Waals surface area contributed by atoms with Gasteiger partial charge in [-0.2, -0.15) is 0 Å².